The third-order valence-electron chi connectivity index (χ3n) is 3.36. The van der Waals surface area contributed by atoms with Gasteiger partial charge in [0.2, 0.25) is 5.95 Å². The van der Waals surface area contributed by atoms with E-state index in [0.717, 1.165) is 10.9 Å². The molecule has 1 saturated heterocycles. The highest BCUT2D eigenvalue weighted by Crippen LogP contribution is 2.34. The van der Waals surface area contributed by atoms with Gasteiger partial charge in [-0.05, 0) is 0 Å². The minimum absolute atomic E-state index is 0.129. The summed E-state index contributed by atoms with van der Waals surface area (Å²) in [7, 11) is 0. The number of aromatic nitrogens is 4. The first-order valence-corrected chi connectivity index (χ1v) is 5.99. The number of rotatable bonds is 2. The molecule has 3 rings (SSSR count). The summed E-state index contributed by atoms with van der Waals surface area (Å²) < 4.78 is 5.96. The molecule has 11 nitrogen and oxygen atoms in total. The van der Waals surface area contributed by atoms with E-state index in [1.165, 1.54) is 0 Å². The number of hydrogen-bond donors (Lipinski definition) is 6. The number of aliphatic hydroxyl groups is 4. The first-order chi connectivity index (χ1) is 9.88. The Hall–Kier alpha value is -2.05. The SMILES string of the molecule is Nc1nc2c(ncn2[C@@]2(O)O[C@H](CO)C(O)C2O)c(=O)[nH]1. The summed E-state index contributed by atoms with van der Waals surface area (Å²) in [6.45, 7) is -0.622. The van der Waals surface area contributed by atoms with E-state index >= 15 is 0 Å². The number of anilines is 1. The maximum Gasteiger partial charge on any atom is 0.286 e. The predicted octanol–water partition coefficient (Wildman–Crippen LogP) is -3.58. The Morgan fingerprint density at radius 1 is 1.52 bits per heavy atom. The second kappa shape index (κ2) is 4.47. The Balaban J connectivity index is 2.19. The van der Waals surface area contributed by atoms with Crippen LogP contribution in [0.1, 0.15) is 0 Å². The lowest BCUT2D eigenvalue weighted by Crippen LogP contribution is -2.45. The molecule has 1 fully saturated rings. The monoisotopic (exact) mass is 299 g/mol. The van der Waals surface area contributed by atoms with Crippen molar-refractivity contribution in [1.82, 2.24) is 19.5 Å². The van der Waals surface area contributed by atoms with Crippen LogP contribution in [0, 0.1) is 0 Å². The van der Waals surface area contributed by atoms with Gasteiger partial charge in [0.1, 0.15) is 18.5 Å². The lowest BCUT2D eigenvalue weighted by Gasteiger charge is -2.27. The highest BCUT2D eigenvalue weighted by Gasteiger charge is 2.55. The van der Waals surface area contributed by atoms with Crippen molar-refractivity contribution >= 4 is 17.1 Å². The summed E-state index contributed by atoms with van der Waals surface area (Å²) in [5, 5.41) is 39.2. The minimum atomic E-state index is -2.44. The van der Waals surface area contributed by atoms with Crippen LogP contribution in [0.4, 0.5) is 5.95 Å². The van der Waals surface area contributed by atoms with Crippen molar-refractivity contribution in [3.05, 3.63) is 16.7 Å². The average Bonchev–Trinajstić information content (AvgIpc) is 2.95. The second-order valence-corrected chi connectivity index (χ2v) is 4.67. The van der Waals surface area contributed by atoms with E-state index in [-0.39, 0.29) is 17.1 Å². The first kappa shape index (κ1) is 13.9. The number of nitrogens with two attached hydrogens (primary N) is 1. The molecule has 1 aliphatic rings. The van der Waals surface area contributed by atoms with E-state index in [9.17, 15) is 20.1 Å². The van der Waals surface area contributed by atoms with Crippen LogP contribution in [-0.4, -0.2) is 64.9 Å². The number of fused-ring (bicyclic) bond motifs is 1. The Morgan fingerprint density at radius 3 is 2.86 bits per heavy atom. The zero-order chi connectivity index (χ0) is 15.4. The number of ether oxygens (including phenoxy) is 1. The lowest BCUT2D eigenvalue weighted by molar-refractivity contribution is -0.287. The molecule has 2 aromatic heterocycles. The number of nitrogens with zero attached hydrogens (tertiary/aromatic N) is 3. The zero-order valence-electron chi connectivity index (χ0n) is 10.5. The van der Waals surface area contributed by atoms with Gasteiger partial charge in [0.05, 0.1) is 6.61 Å². The fraction of sp³-hybridized carbons (Fsp3) is 0.500. The number of aliphatic hydroxyl groups excluding tert-OH is 3. The number of aromatic amines is 1. The molecule has 0 aromatic carbocycles. The van der Waals surface area contributed by atoms with Crippen LogP contribution in [-0.2, 0) is 10.6 Å². The third kappa shape index (κ3) is 1.83. The average molecular weight is 299 g/mol. The fourth-order valence-electron chi connectivity index (χ4n) is 2.29. The Labute approximate surface area is 116 Å². The summed E-state index contributed by atoms with van der Waals surface area (Å²) in [6.07, 6.45) is -3.50. The van der Waals surface area contributed by atoms with Crippen molar-refractivity contribution in [3.8, 4) is 0 Å². The number of H-pyrrole nitrogens is 1. The molecule has 0 spiro atoms. The van der Waals surface area contributed by atoms with E-state index in [1.807, 2.05) is 0 Å². The quantitative estimate of drug-likeness (QED) is 0.327. The van der Waals surface area contributed by atoms with Crippen LogP contribution < -0.4 is 11.3 Å². The summed E-state index contributed by atoms with van der Waals surface area (Å²) in [4.78, 5) is 21.5. The highest BCUT2D eigenvalue weighted by molar-refractivity contribution is 5.70. The molecule has 2 aromatic rings. The molecule has 4 atom stereocenters. The second-order valence-electron chi connectivity index (χ2n) is 4.67. The lowest BCUT2D eigenvalue weighted by atomic mass is 10.1. The number of nitrogens with one attached hydrogen (secondary N) is 1. The molecule has 21 heavy (non-hydrogen) atoms. The van der Waals surface area contributed by atoms with Crippen LogP contribution in [0.25, 0.3) is 11.2 Å². The molecule has 0 radical (unpaired) electrons. The molecule has 2 unspecified atom stereocenters. The van der Waals surface area contributed by atoms with E-state index in [1.54, 1.807) is 0 Å². The predicted molar refractivity (Wildman–Crippen MR) is 66.7 cm³/mol. The fourth-order valence-corrected chi connectivity index (χ4v) is 2.29. The number of imidazole rings is 1. The van der Waals surface area contributed by atoms with Crippen molar-refractivity contribution in [3.63, 3.8) is 0 Å². The molecule has 7 N–H and O–H groups in total. The number of nitrogen functional groups attached to an aromatic ring is 1. The molecule has 3 heterocycles. The van der Waals surface area contributed by atoms with Crippen molar-refractivity contribution in [1.29, 1.82) is 0 Å². The summed E-state index contributed by atoms with van der Waals surface area (Å²) >= 11 is 0. The Kier molecular flexibility index (Phi) is 2.96. The maximum atomic E-state index is 11.7. The third-order valence-corrected chi connectivity index (χ3v) is 3.36. The molecule has 0 aliphatic carbocycles. The van der Waals surface area contributed by atoms with Crippen LogP contribution in [0.15, 0.2) is 11.1 Å². The topological polar surface area (TPSA) is 180 Å². The van der Waals surface area contributed by atoms with Gasteiger partial charge < -0.3 is 30.9 Å². The van der Waals surface area contributed by atoms with Gasteiger partial charge in [-0.3, -0.25) is 14.3 Å². The van der Waals surface area contributed by atoms with E-state index in [2.05, 4.69) is 15.0 Å². The Morgan fingerprint density at radius 2 is 2.24 bits per heavy atom. The van der Waals surface area contributed by atoms with Crippen molar-refractivity contribution in [2.45, 2.75) is 24.2 Å². The van der Waals surface area contributed by atoms with Gasteiger partial charge in [0, 0.05) is 0 Å². The van der Waals surface area contributed by atoms with Crippen molar-refractivity contribution in [2.75, 3.05) is 12.3 Å². The van der Waals surface area contributed by atoms with Crippen LogP contribution in [0.2, 0.25) is 0 Å². The van der Waals surface area contributed by atoms with Crippen molar-refractivity contribution in [2.24, 2.45) is 0 Å². The molecule has 0 amide bonds. The van der Waals surface area contributed by atoms with Crippen LogP contribution in [0.3, 0.4) is 0 Å². The molecule has 11 heteroatoms. The van der Waals surface area contributed by atoms with Crippen LogP contribution >= 0.6 is 0 Å². The van der Waals surface area contributed by atoms with E-state index in [0.29, 0.717) is 0 Å². The van der Waals surface area contributed by atoms with Gasteiger partial charge in [0.25, 0.3) is 11.5 Å². The normalized spacial score (nSPS) is 32.9. The molecule has 0 saturated carbocycles. The van der Waals surface area contributed by atoms with Gasteiger partial charge in [-0.2, -0.15) is 4.98 Å². The largest absolute Gasteiger partial charge is 0.394 e. The molecular weight excluding hydrogens is 286 g/mol. The molecule has 0 bridgehead atoms. The van der Waals surface area contributed by atoms with Gasteiger partial charge in [-0.25, -0.2) is 4.98 Å². The summed E-state index contributed by atoms with van der Waals surface area (Å²) in [5.74, 6) is -2.65. The summed E-state index contributed by atoms with van der Waals surface area (Å²) in [6, 6.07) is 0. The number of hydrogen-bond acceptors (Lipinski definition) is 9. The molecule has 114 valence electrons. The minimum Gasteiger partial charge on any atom is -0.394 e. The van der Waals surface area contributed by atoms with Crippen LogP contribution in [0.5, 0.6) is 0 Å². The van der Waals surface area contributed by atoms with Gasteiger partial charge >= 0.3 is 0 Å². The Bertz CT molecular complexity index is 743. The maximum absolute atomic E-state index is 11.7. The molecule has 1 aliphatic heterocycles. The van der Waals surface area contributed by atoms with Gasteiger partial charge in [-0.15, -0.1) is 0 Å². The smallest absolute Gasteiger partial charge is 0.286 e. The molecular formula is C10H13N5O6. The van der Waals surface area contributed by atoms with Gasteiger partial charge in [0.15, 0.2) is 17.3 Å². The standard InChI is InChI=1S/C10H13N5O6/c11-9-13-7-4(8(19)14-9)12-2-15(7)10(20)6(18)5(17)3(1-16)21-10/h2-3,5-6,16-18,20H,1H2,(H3,11,13,14,19)/t3-,5?,6?,10+/m1/s1. The highest BCUT2D eigenvalue weighted by atomic mass is 16.7. The zero-order valence-corrected chi connectivity index (χ0v) is 10.5. The van der Waals surface area contributed by atoms with E-state index in [4.69, 9.17) is 15.6 Å². The first-order valence-electron chi connectivity index (χ1n) is 5.99. The van der Waals surface area contributed by atoms with E-state index < -0.39 is 36.4 Å². The van der Waals surface area contributed by atoms with Gasteiger partial charge in [-0.1, -0.05) is 0 Å². The summed E-state index contributed by atoms with van der Waals surface area (Å²) in [5.41, 5.74) is 4.53. The van der Waals surface area contributed by atoms with Crippen molar-refractivity contribution < 1.29 is 25.2 Å².